The average molecular weight is 159 g/mol. The zero-order valence-electron chi connectivity index (χ0n) is 7.49. The standard InChI is InChI=1S/C9H7N.C2H6/c1-2-6-9-8(4-1)5-3-7-10-9;1-2/h1-7H;1-2H3. The highest BCUT2D eigenvalue weighted by molar-refractivity contribution is 5.77. The van der Waals surface area contributed by atoms with Crippen LogP contribution in [0.5, 0.6) is 0 Å². The molecule has 0 radical (unpaired) electrons. The summed E-state index contributed by atoms with van der Waals surface area (Å²) in [5.41, 5.74) is 1.06. The van der Waals surface area contributed by atoms with Crippen molar-refractivity contribution in [3.05, 3.63) is 42.6 Å². The van der Waals surface area contributed by atoms with E-state index in [4.69, 9.17) is 0 Å². The maximum absolute atomic E-state index is 4.18. The number of hydrogen-bond donors (Lipinski definition) is 0. The van der Waals surface area contributed by atoms with E-state index in [2.05, 4.69) is 17.1 Å². The Morgan fingerprint density at radius 1 is 0.917 bits per heavy atom. The Bertz CT molecular complexity index is 276. The van der Waals surface area contributed by atoms with Crippen molar-refractivity contribution in [3.8, 4) is 0 Å². The van der Waals surface area contributed by atoms with Gasteiger partial charge >= 0.3 is 0 Å². The molecule has 0 saturated carbocycles. The molecule has 1 aromatic carbocycles. The molecule has 0 aliphatic rings. The van der Waals surface area contributed by atoms with Crippen LogP contribution in [0, 0.1) is 0 Å². The van der Waals surface area contributed by atoms with Gasteiger partial charge in [-0.05, 0) is 12.1 Å². The molecule has 0 unspecified atom stereocenters. The van der Waals surface area contributed by atoms with E-state index in [9.17, 15) is 0 Å². The highest BCUT2D eigenvalue weighted by Crippen LogP contribution is 2.07. The number of rotatable bonds is 0. The molecule has 1 aromatic heterocycles. The van der Waals surface area contributed by atoms with Crippen LogP contribution >= 0.6 is 0 Å². The van der Waals surface area contributed by atoms with Crippen molar-refractivity contribution < 1.29 is 0 Å². The van der Waals surface area contributed by atoms with Gasteiger partial charge in [-0.25, -0.2) is 0 Å². The van der Waals surface area contributed by atoms with Crippen LogP contribution in [-0.2, 0) is 0 Å². The van der Waals surface area contributed by atoms with Gasteiger partial charge in [-0.3, -0.25) is 4.98 Å². The van der Waals surface area contributed by atoms with E-state index in [1.807, 2.05) is 44.3 Å². The maximum Gasteiger partial charge on any atom is 0.0701 e. The van der Waals surface area contributed by atoms with Gasteiger partial charge in [0.05, 0.1) is 5.52 Å². The fourth-order valence-electron chi connectivity index (χ4n) is 1.02. The first-order valence-corrected chi connectivity index (χ1v) is 4.26. The molecule has 0 aliphatic heterocycles. The summed E-state index contributed by atoms with van der Waals surface area (Å²) in [5.74, 6) is 0. The van der Waals surface area contributed by atoms with E-state index in [0.29, 0.717) is 0 Å². The van der Waals surface area contributed by atoms with Crippen molar-refractivity contribution >= 4 is 10.9 Å². The van der Waals surface area contributed by atoms with Crippen molar-refractivity contribution in [1.82, 2.24) is 4.98 Å². The normalized spacial score (nSPS) is 8.83. The molecule has 62 valence electrons. The van der Waals surface area contributed by atoms with E-state index in [1.165, 1.54) is 5.39 Å². The molecular formula is C11H13N. The number of pyridine rings is 1. The number of para-hydroxylation sites is 1. The Labute approximate surface area is 73.1 Å². The molecule has 2 aromatic rings. The summed E-state index contributed by atoms with van der Waals surface area (Å²) in [6.45, 7) is 4.00. The highest BCUT2D eigenvalue weighted by Gasteiger charge is 1.86. The third-order valence-corrected chi connectivity index (χ3v) is 1.51. The molecule has 1 heterocycles. The minimum atomic E-state index is 1.06. The van der Waals surface area contributed by atoms with Crippen molar-refractivity contribution in [1.29, 1.82) is 0 Å². The summed E-state index contributed by atoms with van der Waals surface area (Å²) in [5, 5.41) is 1.20. The maximum atomic E-state index is 4.18. The van der Waals surface area contributed by atoms with E-state index in [-0.39, 0.29) is 0 Å². The molecule has 12 heavy (non-hydrogen) atoms. The smallest absolute Gasteiger partial charge is 0.0701 e. The second kappa shape index (κ2) is 4.50. The molecule has 0 saturated heterocycles. The first-order valence-electron chi connectivity index (χ1n) is 4.26. The summed E-state index contributed by atoms with van der Waals surface area (Å²) in [4.78, 5) is 4.18. The van der Waals surface area contributed by atoms with E-state index in [0.717, 1.165) is 5.52 Å². The van der Waals surface area contributed by atoms with Gasteiger partial charge in [-0.1, -0.05) is 38.1 Å². The van der Waals surface area contributed by atoms with Crippen molar-refractivity contribution in [3.63, 3.8) is 0 Å². The second-order valence-electron chi connectivity index (χ2n) is 2.20. The second-order valence-corrected chi connectivity index (χ2v) is 2.20. The number of hydrogen-bond acceptors (Lipinski definition) is 1. The van der Waals surface area contributed by atoms with Crippen LogP contribution in [0.3, 0.4) is 0 Å². The van der Waals surface area contributed by atoms with Gasteiger partial charge in [0.25, 0.3) is 0 Å². The zero-order chi connectivity index (χ0) is 8.81. The lowest BCUT2D eigenvalue weighted by Gasteiger charge is -1.91. The van der Waals surface area contributed by atoms with Gasteiger partial charge in [0.2, 0.25) is 0 Å². The number of aromatic nitrogens is 1. The summed E-state index contributed by atoms with van der Waals surface area (Å²) < 4.78 is 0. The Hall–Kier alpha value is -1.37. The largest absolute Gasteiger partial charge is 0.256 e. The summed E-state index contributed by atoms with van der Waals surface area (Å²) >= 11 is 0. The molecule has 0 atom stereocenters. The zero-order valence-corrected chi connectivity index (χ0v) is 7.49. The van der Waals surface area contributed by atoms with Crippen LogP contribution in [-0.4, -0.2) is 4.98 Å². The fraction of sp³-hybridized carbons (Fsp3) is 0.182. The Balaban J connectivity index is 0.000000336. The van der Waals surface area contributed by atoms with Crippen LogP contribution in [0.4, 0.5) is 0 Å². The minimum absolute atomic E-state index is 1.06. The van der Waals surface area contributed by atoms with Crippen LogP contribution < -0.4 is 0 Å². The molecule has 0 aliphatic carbocycles. The third-order valence-electron chi connectivity index (χ3n) is 1.51. The first-order chi connectivity index (χ1) is 5.97. The van der Waals surface area contributed by atoms with E-state index < -0.39 is 0 Å². The molecular weight excluding hydrogens is 146 g/mol. The number of fused-ring (bicyclic) bond motifs is 1. The van der Waals surface area contributed by atoms with E-state index in [1.54, 1.807) is 0 Å². The summed E-state index contributed by atoms with van der Waals surface area (Å²) in [7, 11) is 0. The average Bonchev–Trinajstić information content (AvgIpc) is 2.21. The van der Waals surface area contributed by atoms with Gasteiger partial charge in [0.15, 0.2) is 0 Å². The van der Waals surface area contributed by atoms with Crippen LogP contribution in [0.1, 0.15) is 13.8 Å². The predicted octanol–water partition coefficient (Wildman–Crippen LogP) is 3.26. The van der Waals surface area contributed by atoms with Gasteiger partial charge in [0.1, 0.15) is 0 Å². The highest BCUT2D eigenvalue weighted by atomic mass is 14.6. The lowest BCUT2D eigenvalue weighted by molar-refractivity contribution is 1.41. The third kappa shape index (κ3) is 1.82. The lowest BCUT2D eigenvalue weighted by atomic mass is 10.2. The Morgan fingerprint density at radius 2 is 1.58 bits per heavy atom. The van der Waals surface area contributed by atoms with Crippen LogP contribution in [0.25, 0.3) is 10.9 Å². The van der Waals surface area contributed by atoms with Gasteiger partial charge in [0, 0.05) is 11.6 Å². The fourth-order valence-corrected chi connectivity index (χ4v) is 1.02. The minimum Gasteiger partial charge on any atom is -0.256 e. The van der Waals surface area contributed by atoms with E-state index >= 15 is 0 Å². The molecule has 1 nitrogen and oxygen atoms in total. The van der Waals surface area contributed by atoms with Crippen molar-refractivity contribution in [2.45, 2.75) is 13.8 Å². The van der Waals surface area contributed by atoms with Crippen molar-refractivity contribution in [2.75, 3.05) is 0 Å². The quantitative estimate of drug-likeness (QED) is 0.575. The number of nitrogens with zero attached hydrogens (tertiary/aromatic N) is 1. The topological polar surface area (TPSA) is 12.9 Å². The van der Waals surface area contributed by atoms with Gasteiger partial charge < -0.3 is 0 Å². The van der Waals surface area contributed by atoms with Crippen molar-refractivity contribution in [2.24, 2.45) is 0 Å². The monoisotopic (exact) mass is 159 g/mol. The summed E-state index contributed by atoms with van der Waals surface area (Å²) in [6.07, 6.45) is 1.81. The van der Waals surface area contributed by atoms with Crippen LogP contribution in [0.2, 0.25) is 0 Å². The number of benzene rings is 1. The SMILES string of the molecule is CC.c1ccc2ncccc2c1. The van der Waals surface area contributed by atoms with Crippen LogP contribution in [0.15, 0.2) is 42.6 Å². The van der Waals surface area contributed by atoms with Gasteiger partial charge in [-0.2, -0.15) is 0 Å². The summed E-state index contributed by atoms with van der Waals surface area (Å²) in [6, 6.07) is 12.1. The molecule has 0 amide bonds. The molecule has 0 bridgehead atoms. The predicted molar refractivity (Wildman–Crippen MR) is 53.1 cm³/mol. The first kappa shape index (κ1) is 8.72. The molecule has 1 heteroatoms. The Morgan fingerprint density at radius 3 is 2.33 bits per heavy atom. The molecule has 0 spiro atoms. The Kier molecular flexibility index (Phi) is 3.27. The molecule has 0 fully saturated rings. The van der Waals surface area contributed by atoms with Gasteiger partial charge in [-0.15, -0.1) is 0 Å². The molecule has 0 N–H and O–H groups in total. The lowest BCUT2D eigenvalue weighted by Crippen LogP contribution is -1.73. The molecule has 2 rings (SSSR count).